The van der Waals surface area contributed by atoms with Crippen molar-refractivity contribution in [1.29, 1.82) is 0 Å². The second-order valence-corrected chi connectivity index (χ2v) is 14.1. The van der Waals surface area contributed by atoms with Crippen LogP contribution in [0.15, 0.2) is 12.1 Å². The molecule has 0 spiro atoms. The summed E-state index contributed by atoms with van der Waals surface area (Å²) < 4.78 is 23.1. The van der Waals surface area contributed by atoms with E-state index >= 15 is 0 Å². The van der Waals surface area contributed by atoms with Gasteiger partial charge in [0.2, 0.25) is 0 Å². The molecule has 1 atom stereocenters. The monoisotopic (exact) mass is 816 g/mol. The van der Waals surface area contributed by atoms with Crippen LogP contribution in [0.25, 0.3) is 0 Å². The van der Waals surface area contributed by atoms with Crippen molar-refractivity contribution in [2.45, 2.75) is 84.8 Å². The number of halogens is 1. The Labute approximate surface area is 306 Å². The van der Waals surface area contributed by atoms with Crippen molar-refractivity contribution in [2.24, 2.45) is 0 Å². The van der Waals surface area contributed by atoms with Crippen LogP contribution in [0, 0.1) is 3.57 Å². The molecule has 0 N–H and O–H groups in total. The SMILES string of the molecule is CCCCOC(=O)N1CCN(C(=O)OCCCC)CCN(C(C(=O)OC(C)(C)C)c2cc(C(=O)ON3C(=O)CCC3=O)cc(I)c2OC)CC1. The Balaban J connectivity index is 2.08. The molecular formula is C34H49IN4O11. The molecule has 3 rings (SSSR count). The third kappa shape index (κ3) is 11.4. The summed E-state index contributed by atoms with van der Waals surface area (Å²) in [5.41, 5.74) is -0.710. The van der Waals surface area contributed by atoms with E-state index in [1.54, 1.807) is 25.7 Å². The smallest absolute Gasteiger partial charge is 0.409 e. The molecule has 50 heavy (non-hydrogen) atoms. The molecule has 1 unspecified atom stereocenters. The molecule has 1 aromatic rings. The minimum atomic E-state index is -1.20. The molecule has 0 aliphatic carbocycles. The summed E-state index contributed by atoms with van der Waals surface area (Å²) in [4.78, 5) is 88.2. The van der Waals surface area contributed by atoms with Crippen LogP contribution in [0.3, 0.4) is 0 Å². The van der Waals surface area contributed by atoms with Crippen LogP contribution < -0.4 is 4.74 Å². The van der Waals surface area contributed by atoms with E-state index in [-0.39, 0.29) is 82.2 Å². The van der Waals surface area contributed by atoms with Gasteiger partial charge in [-0.1, -0.05) is 26.7 Å². The maximum absolute atomic E-state index is 14.2. The van der Waals surface area contributed by atoms with Crippen molar-refractivity contribution in [2.75, 3.05) is 59.6 Å². The maximum atomic E-state index is 14.2. The first-order valence-corrected chi connectivity index (χ1v) is 18.0. The molecule has 0 radical (unpaired) electrons. The lowest BCUT2D eigenvalue weighted by atomic mass is 10.00. The van der Waals surface area contributed by atoms with Gasteiger partial charge < -0.3 is 33.6 Å². The second-order valence-electron chi connectivity index (χ2n) is 12.9. The van der Waals surface area contributed by atoms with E-state index in [1.165, 1.54) is 29.0 Å². The summed E-state index contributed by atoms with van der Waals surface area (Å²) in [7, 11) is 1.42. The number of rotatable bonds is 12. The van der Waals surface area contributed by atoms with Crippen LogP contribution in [0.5, 0.6) is 5.75 Å². The first-order valence-electron chi connectivity index (χ1n) is 17.0. The summed E-state index contributed by atoms with van der Waals surface area (Å²) >= 11 is 1.96. The van der Waals surface area contributed by atoms with Gasteiger partial charge >= 0.3 is 24.1 Å². The molecule has 2 saturated heterocycles. The lowest BCUT2D eigenvalue weighted by Crippen LogP contribution is -2.44. The van der Waals surface area contributed by atoms with Crippen LogP contribution in [0.1, 0.15) is 95.1 Å². The highest BCUT2D eigenvalue weighted by molar-refractivity contribution is 14.1. The van der Waals surface area contributed by atoms with Gasteiger partial charge in [-0.05, 0) is 68.3 Å². The van der Waals surface area contributed by atoms with Crippen LogP contribution in [-0.4, -0.2) is 121 Å². The van der Waals surface area contributed by atoms with Gasteiger partial charge in [0.1, 0.15) is 17.4 Å². The number of carbonyl (C=O) groups excluding carboxylic acids is 6. The zero-order chi connectivity index (χ0) is 37.0. The number of carbonyl (C=O) groups is 6. The van der Waals surface area contributed by atoms with E-state index in [4.69, 9.17) is 23.8 Å². The van der Waals surface area contributed by atoms with Gasteiger partial charge in [0.15, 0.2) is 0 Å². The minimum absolute atomic E-state index is 0.0437. The molecular weight excluding hydrogens is 767 g/mol. The third-order valence-electron chi connectivity index (χ3n) is 7.90. The first-order chi connectivity index (χ1) is 23.7. The van der Waals surface area contributed by atoms with E-state index in [9.17, 15) is 28.8 Å². The zero-order valence-corrected chi connectivity index (χ0v) is 31.9. The van der Waals surface area contributed by atoms with E-state index in [2.05, 4.69) is 0 Å². The number of amides is 4. The third-order valence-corrected chi connectivity index (χ3v) is 8.70. The fraction of sp³-hybridized carbons (Fsp3) is 0.647. The second kappa shape index (κ2) is 19.1. The number of hydrogen-bond donors (Lipinski definition) is 0. The summed E-state index contributed by atoms with van der Waals surface area (Å²) in [6.45, 7) is 10.6. The Hall–Kier alpha value is -3.67. The standard InChI is InChI=1S/C34H49IN4O11/c1-7-9-19-47-32(44)37-15-13-36(14-16-38(18-17-37)33(45)48-20-10-8-2)28(31(43)49-34(3,4)5)24-21-23(22-25(35)29(24)46-6)30(42)50-39-26(40)11-12-27(39)41/h21-22,28H,7-20H2,1-6H3. The number of esters is 1. The first kappa shape index (κ1) is 40.8. The van der Waals surface area contributed by atoms with E-state index in [1.807, 2.05) is 36.4 Å². The van der Waals surface area contributed by atoms with Crippen molar-refractivity contribution in [3.63, 3.8) is 0 Å². The van der Waals surface area contributed by atoms with Crippen molar-refractivity contribution < 1.29 is 52.6 Å². The van der Waals surface area contributed by atoms with Crippen LogP contribution in [0.4, 0.5) is 9.59 Å². The number of ether oxygens (including phenoxy) is 4. The average molecular weight is 817 g/mol. The van der Waals surface area contributed by atoms with Crippen LogP contribution >= 0.6 is 22.6 Å². The Kier molecular flexibility index (Phi) is 15.6. The number of unbranched alkanes of at least 4 members (excludes halogenated alkanes) is 2. The molecule has 2 fully saturated rings. The zero-order valence-electron chi connectivity index (χ0n) is 29.8. The Morgan fingerprint density at radius 1 is 0.820 bits per heavy atom. The highest BCUT2D eigenvalue weighted by Crippen LogP contribution is 2.37. The van der Waals surface area contributed by atoms with Gasteiger partial charge in [-0.25, -0.2) is 19.2 Å². The summed E-state index contributed by atoms with van der Waals surface area (Å²) in [6, 6.07) is 1.67. The van der Waals surface area contributed by atoms with E-state index in [0.29, 0.717) is 21.5 Å². The van der Waals surface area contributed by atoms with Gasteiger partial charge in [0.05, 0.1) is 29.5 Å². The average Bonchev–Trinajstić information content (AvgIpc) is 3.41. The molecule has 0 saturated carbocycles. The predicted molar refractivity (Wildman–Crippen MR) is 188 cm³/mol. The Morgan fingerprint density at radius 2 is 1.32 bits per heavy atom. The Morgan fingerprint density at radius 3 is 1.78 bits per heavy atom. The maximum Gasteiger partial charge on any atom is 0.409 e. The minimum Gasteiger partial charge on any atom is -0.495 e. The summed E-state index contributed by atoms with van der Waals surface area (Å²) in [6.07, 6.45) is 1.84. The Bertz CT molecular complexity index is 1350. The number of nitrogens with zero attached hydrogens (tertiary/aromatic N) is 4. The van der Waals surface area contributed by atoms with Gasteiger partial charge in [-0.2, -0.15) is 0 Å². The lowest BCUT2D eigenvalue weighted by Gasteiger charge is -2.34. The van der Waals surface area contributed by atoms with Crippen molar-refractivity contribution in [3.8, 4) is 5.75 Å². The molecule has 278 valence electrons. The molecule has 15 nitrogen and oxygen atoms in total. The molecule has 2 aliphatic heterocycles. The largest absolute Gasteiger partial charge is 0.495 e. The molecule has 0 bridgehead atoms. The fourth-order valence-electron chi connectivity index (χ4n) is 5.26. The van der Waals surface area contributed by atoms with Crippen LogP contribution in [-0.2, 0) is 33.4 Å². The summed E-state index contributed by atoms with van der Waals surface area (Å²) in [5.74, 6) is -2.64. The normalized spacial score (nSPS) is 16.7. The topological polar surface area (TPSA) is 162 Å². The van der Waals surface area contributed by atoms with Crippen LogP contribution in [0.2, 0.25) is 0 Å². The van der Waals surface area contributed by atoms with E-state index in [0.717, 1.165) is 12.8 Å². The predicted octanol–water partition coefficient (Wildman–Crippen LogP) is 4.70. The number of hydrogen-bond acceptors (Lipinski definition) is 12. The molecule has 4 amide bonds. The fourth-order valence-corrected chi connectivity index (χ4v) is 6.13. The quantitative estimate of drug-likeness (QED) is 0.0943. The van der Waals surface area contributed by atoms with Crippen molar-refractivity contribution >= 4 is 58.5 Å². The summed E-state index contributed by atoms with van der Waals surface area (Å²) in [5, 5.41) is 0.453. The van der Waals surface area contributed by atoms with Crippen molar-refractivity contribution in [1.82, 2.24) is 19.8 Å². The van der Waals surface area contributed by atoms with E-state index < -0.39 is 47.6 Å². The molecule has 2 heterocycles. The van der Waals surface area contributed by atoms with Crippen molar-refractivity contribution in [3.05, 3.63) is 26.8 Å². The molecule has 0 aromatic heterocycles. The van der Waals surface area contributed by atoms with Gasteiger partial charge in [-0.3, -0.25) is 14.5 Å². The van der Waals surface area contributed by atoms with Gasteiger partial charge in [-0.15, -0.1) is 5.06 Å². The molecule has 2 aliphatic rings. The lowest BCUT2D eigenvalue weighted by molar-refractivity contribution is -0.172. The number of hydroxylamine groups is 2. The van der Waals surface area contributed by atoms with Gasteiger partial charge in [0, 0.05) is 57.7 Å². The highest BCUT2D eigenvalue weighted by Gasteiger charge is 2.38. The molecule has 16 heteroatoms. The van der Waals surface area contributed by atoms with Gasteiger partial charge in [0.25, 0.3) is 11.8 Å². The molecule has 1 aromatic carbocycles. The number of imide groups is 1. The number of methoxy groups -OCH3 is 1. The highest BCUT2D eigenvalue weighted by atomic mass is 127. The number of benzene rings is 1.